The van der Waals surface area contributed by atoms with Crippen LogP contribution in [-0.4, -0.2) is 24.2 Å². The van der Waals surface area contributed by atoms with Gasteiger partial charge in [-0.2, -0.15) is 0 Å². The summed E-state index contributed by atoms with van der Waals surface area (Å²) < 4.78 is 5.91. The van der Waals surface area contributed by atoms with Crippen molar-refractivity contribution in [1.29, 1.82) is 0 Å². The first-order valence-electron chi connectivity index (χ1n) is 7.95. The molecule has 0 spiro atoms. The Balaban J connectivity index is 1.87. The van der Waals surface area contributed by atoms with E-state index in [2.05, 4.69) is 5.32 Å². The molecule has 0 aromatic heterocycles. The molecule has 2 N–H and O–H groups in total. The molecule has 4 heteroatoms. The van der Waals surface area contributed by atoms with E-state index in [0.717, 1.165) is 22.6 Å². The zero-order chi connectivity index (χ0) is 16.2. The molecule has 23 heavy (non-hydrogen) atoms. The van der Waals surface area contributed by atoms with Crippen LogP contribution in [0.3, 0.4) is 0 Å². The van der Waals surface area contributed by atoms with Crippen LogP contribution in [0.4, 0.5) is 0 Å². The van der Waals surface area contributed by atoms with Crippen LogP contribution < -0.4 is 10.1 Å². The minimum atomic E-state index is -0.363. The van der Waals surface area contributed by atoms with E-state index in [0.29, 0.717) is 13.0 Å². The number of amides is 1. The lowest BCUT2D eigenvalue weighted by atomic mass is 9.87. The molecule has 0 bridgehead atoms. The first-order chi connectivity index (χ1) is 11.2. The number of benzene rings is 2. The molecule has 0 fully saturated rings. The summed E-state index contributed by atoms with van der Waals surface area (Å²) in [5, 5.41) is 12.0. The average Bonchev–Trinajstić information content (AvgIpc) is 2.57. The molecular formula is C19H21NO3. The molecule has 120 valence electrons. The van der Waals surface area contributed by atoms with Crippen LogP contribution in [0.15, 0.2) is 48.5 Å². The number of aliphatic hydroxyl groups excluding tert-OH is 1. The third-order valence-corrected chi connectivity index (χ3v) is 4.19. The summed E-state index contributed by atoms with van der Waals surface area (Å²) in [4.78, 5) is 12.8. The average molecular weight is 311 g/mol. The van der Waals surface area contributed by atoms with Gasteiger partial charge >= 0.3 is 0 Å². The van der Waals surface area contributed by atoms with Gasteiger partial charge in [-0.1, -0.05) is 43.3 Å². The lowest BCUT2D eigenvalue weighted by Crippen LogP contribution is -2.34. The van der Waals surface area contributed by atoms with Crippen LogP contribution >= 0.6 is 0 Å². The quantitative estimate of drug-likeness (QED) is 0.892. The monoisotopic (exact) mass is 311 g/mol. The molecule has 0 aliphatic carbocycles. The predicted octanol–water partition coefficient (Wildman–Crippen LogP) is 3.06. The maximum absolute atomic E-state index is 12.8. The van der Waals surface area contributed by atoms with Crippen LogP contribution in [0, 0.1) is 5.92 Å². The lowest BCUT2D eigenvalue weighted by molar-refractivity contribution is -0.122. The zero-order valence-electron chi connectivity index (χ0n) is 13.2. The highest BCUT2D eigenvalue weighted by molar-refractivity contribution is 5.89. The van der Waals surface area contributed by atoms with E-state index in [1.54, 1.807) is 0 Å². The number of carbonyl (C=O) groups is 1. The van der Waals surface area contributed by atoms with Crippen molar-refractivity contribution >= 4 is 5.91 Å². The fourth-order valence-corrected chi connectivity index (χ4v) is 2.89. The smallest absolute Gasteiger partial charge is 0.232 e. The Labute approximate surface area is 136 Å². The van der Waals surface area contributed by atoms with Crippen LogP contribution in [0.1, 0.15) is 30.4 Å². The number of fused-ring (bicyclic) bond motifs is 2. The molecule has 2 aromatic carbocycles. The highest BCUT2D eigenvalue weighted by atomic mass is 16.5. The van der Waals surface area contributed by atoms with Gasteiger partial charge in [-0.25, -0.2) is 0 Å². The number of hydrogen-bond donors (Lipinski definition) is 2. The Morgan fingerprint density at radius 3 is 2.26 bits per heavy atom. The molecule has 1 aliphatic heterocycles. The molecule has 1 unspecified atom stereocenters. The van der Waals surface area contributed by atoms with E-state index in [1.807, 2.05) is 55.5 Å². The molecule has 1 aliphatic rings. The maximum atomic E-state index is 12.8. The van der Waals surface area contributed by atoms with Gasteiger partial charge in [0.05, 0.1) is 5.92 Å². The second-order valence-electron chi connectivity index (χ2n) is 5.97. The van der Waals surface area contributed by atoms with Crippen molar-refractivity contribution in [2.45, 2.75) is 19.3 Å². The number of rotatable bonds is 5. The number of carbonyl (C=O) groups excluding carboxylic acids is 1. The molecule has 2 aromatic rings. The summed E-state index contributed by atoms with van der Waals surface area (Å²) in [5.41, 5.74) is 1.78. The molecule has 1 atom stereocenters. The fourth-order valence-electron chi connectivity index (χ4n) is 2.89. The van der Waals surface area contributed by atoms with Gasteiger partial charge in [-0.3, -0.25) is 4.79 Å². The number of nitrogens with one attached hydrogen (secondary N) is 1. The summed E-state index contributed by atoms with van der Waals surface area (Å²) >= 11 is 0. The maximum Gasteiger partial charge on any atom is 0.232 e. The molecule has 3 rings (SSSR count). The first-order valence-corrected chi connectivity index (χ1v) is 7.95. The Hall–Kier alpha value is -2.33. The third-order valence-electron chi connectivity index (χ3n) is 4.19. The van der Waals surface area contributed by atoms with Gasteiger partial charge in [-0.05, 0) is 24.5 Å². The van der Waals surface area contributed by atoms with Crippen molar-refractivity contribution in [3.8, 4) is 11.5 Å². The van der Waals surface area contributed by atoms with Crippen molar-refractivity contribution in [2.24, 2.45) is 5.92 Å². The molecule has 0 radical (unpaired) electrons. The number of ether oxygens (including phenoxy) is 1. The predicted molar refractivity (Wildman–Crippen MR) is 88.7 cm³/mol. The zero-order valence-corrected chi connectivity index (χ0v) is 13.2. The van der Waals surface area contributed by atoms with Gasteiger partial charge in [-0.15, -0.1) is 0 Å². The van der Waals surface area contributed by atoms with Gasteiger partial charge in [0.25, 0.3) is 0 Å². The summed E-state index contributed by atoms with van der Waals surface area (Å²) in [6.45, 7) is 2.71. The summed E-state index contributed by atoms with van der Waals surface area (Å²) in [6, 6.07) is 15.3. The highest BCUT2D eigenvalue weighted by Gasteiger charge is 2.32. The molecule has 0 saturated heterocycles. The van der Waals surface area contributed by atoms with E-state index in [1.165, 1.54) is 0 Å². The SMILES string of the molecule is CC(CCO)CNC(=O)C1c2ccccc2Oc2ccccc21. The van der Waals surface area contributed by atoms with Crippen LogP contribution in [0.25, 0.3) is 0 Å². The van der Waals surface area contributed by atoms with Gasteiger partial charge in [0, 0.05) is 24.3 Å². The topological polar surface area (TPSA) is 58.6 Å². The van der Waals surface area contributed by atoms with Gasteiger partial charge in [0.2, 0.25) is 5.91 Å². The van der Waals surface area contributed by atoms with E-state index in [-0.39, 0.29) is 24.3 Å². The summed E-state index contributed by atoms with van der Waals surface area (Å²) in [5.74, 6) is 1.31. The normalized spacial score (nSPS) is 14.3. The molecule has 1 heterocycles. The molecular weight excluding hydrogens is 290 g/mol. The number of aliphatic hydroxyl groups is 1. The van der Waals surface area contributed by atoms with Crippen molar-refractivity contribution in [1.82, 2.24) is 5.32 Å². The van der Waals surface area contributed by atoms with Crippen LogP contribution in [0.5, 0.6) is 11.5 Å². The molecule has 0 saturated carbocycles. The number of hydrogen-bond acceptors (Lipinski definition) is 3. The second-order valence-corrected chi connectivity index (χ2v) is 5.97. The highest BCUT2D eigenvalue weighted by Crippen LogP contribution is 2.43. The third kappa shape index (κ3) is 3.22. The van der Waals surface area contributed by atoms with Crippen LogP contribution in [0.2, 0.25) is 0 Å². The van der Waals surface area contributed by atoms with E-state index >= 15 is 0 Å². The van der Waals surface area contributed by atoms with Gasteiger partial charge in [0.15, 0.2) is 0 Å². The van der Waals surface area contributed by atoms with Crippen molar-refractivity contribution in [3.05, 3.63) is 59.7 Å². The second kappa shape index (κ2) is 6.84. The van der Waals surface area contributed by atoms with Gasteiger partial charge in [0.1, 0.15) is 11.5 Å². The van der Waals surface area contributed by atoms with Gasteiger partial charge < -0.3 is 15.2 Å². The van der Waals surface area contributed by atoms with Crippen molar-refractivity contribution in [2.75, 3.05) is 13.2 Å². The minimum Gasteiger partial charge on any atom is -0.457 e. The standard InChI is InChI=1S/C19H21NO3/c1-13(10-11-21)12-20-19(22)18-14-6-2-4-8-16(14)23-17-9-5-3-7-15(17)18/h2-9,13,18,21H,10-12H2,1H3,(H,20,22). The van der Waals surface area contributed by atoms with Crippen molar-refractivity contribution < 1.29 is 14.6 Å². The lowest BCUT2D eigenvalue weighted by Gasteiger charge is -2.27. The van der Waals surface area contributed by atoms with E-state index < -0.39 is 0 Å². The van der Waals surface area contributed by atoms with E-state index in [4.69, 9.17) is 9.84 Å². The first kappa shape index (κ1) is 15.6. The Morgan fingerprint density at radius 1 is 1.13 bits per heavy atom. The molecule has 1 amide bonds. The Morgan fingerprint density at radius 2 is 1.70 bits per heavy atom. The summed E-state index contributed by atoms with van der Waals surface area (Å²) in [6.07, 6.45) is 0.682. The van der Waals surface area contributed by atoms with Crippen LogP contribution in [-0.2, 0) is 4.79 Å². The minimum absolute atomic E-state index is 0.0296. The largest absolute Gasteiger partial charge is 0.457 e. The fraction of sp³-hybridized carbons (Fsp3) is 0.316. The van der Waals surface area contributed by atoms with Crippen molar-refractivity contribution in [3.63, 3.8) is 0 Å². The Kier molecular flexibility index (Phi) is 4.63. The van der Waals surface area contributed by atoms with E-state index in [9.17, 15) is 4.79 Å². The summed E-state index contributed by atoms with van der Waals surface area (Å²) in [7, 11) is 0. The number of para-hydroxylation sites is 2. The Bertz CT molecular complexity index is 653. The molecule has 4 nitrogen and oxygen atoms in total.